The van der Waals surface area contributed by atoms with E-state index in [4.69, 9.17) is 0 Å². The van der Waals surface area contributed by atoms with E-state index in [0.29, 0.717) is 6.54 Å². The number of benzene rings is 1. The number of aliphatic hydroxyl groups is 1. The molecule has 2 aromatic rings. The SMILES string of the molecule is C[C@@H](O)Cn1ccnc1-c1ccc(N(C)C)cc1. The van der Waals surface area contributed by atoms with Crippen LogP contribution in [0.2, 0.25) is 0 Å². The second kappa shape index (κ2) is 5.23. The molecule has 4 heteroatoms. The van der Waals surface area contributed by atoms with Gasteiger partial charge in [0.2, 0.25) is 0 Å². The Bertz CT molecular complexity index is 500. The number of aromatic nitrogens is 2. The van der Waals surface area contributed by atoms with Crippen molar-refractivity contribution in [2.75, 3.05) is 19.0 Å². The first kappa shape index (κ1) is 12.6. The molecule has 0 amide bonds. The summed E-state index contributed by atoms with van der Waals surface area (Å²) in [6, 6.07) is 8.24. The Morgan fingerprint density at radius 1 is 1.28 bits per heavy atom. The number of aliphatic hydroxyl groups excluding tert-OH is 1. The summed E-state index contributed by atoms with van der Waals surface area (Å²) in [4.78, 5) is 6.41. The number of nitrogens with zero attached hydrogens (tertiary/aromatic N) is 3. The Hall–Kier alpha value is -1.81. The van der Waals surface area contributed by atoms with Gasteiger partial charge >= 0.3 is 0 Å². The quantitative estimate of drug-likeness (QED) is 0.895. The number of hydrogen-bond acceptors (Lipinski definition) is 3. The van der Waals surface area contributed by atoms with Crippen molar-refractivity contribution in [3.63, 3.8) is 0 Å². The van der Waals surface area contributed by atoms with Gasteiger partial charge in [-0.2, -0.15) is 0 Å². The van der Waals surface area contributed by atoms with Gasteiger partial charge in [-0.15, -0.1) is 0 Å². The third-order valence-corrected chi connectivity index (χ3v) is 2.82. The van der Waals surface area contributed by atoms with Crippen LogP contribution in [0.4, 0.5) is 5.69 Å². The van der Waals surface area contributed by atoms with Crippen molar-refractivity contribution in [1.29, 1.82) is 0 Å². The average molecular weight is 245 g/mol. The van der Waals surface area contributed by atoms with E-state index in [1.165, 1.54) is 0 Å². The average Bonchev–Trinajstić information content (AvgIpc) is 2.76. The molecule has 1 atom stereocenters. The lowest BCUT2D eigenvalue weighted by atomic mass is 10.2. The van der Waals surface area contributed by atoms with E-state index in [9.17, 15) is 5.11 Å². The molecule has 0 bridgehead atoms. The zero-order chi connectivity index (χ0) is 13.1. The summed E-state index contributed by atoms with van der Waals surface area (Å²) in [6.45, 7) is 2.34. The molecular weight excluding hydrogens is 226 g/mol. The Morgan fingerprint density at radius 2 is 1.94 bits per heavy atom. The molecule has 1 aromatic carbocycles. The van der Waals surface area contributed by atoms with Gasteiger partial charge in [0, 0.05) is 44.3 Å². The lowest BCUT2D eigenvalue weighted by Gasteiger charge is -2.13. The fourth-order valence-corrected chi connectivity index (χ4v) is 1.91. The summed E-state index contributed by atoms with van der Waals surface area (Å²) in [7, 11) is 4.03. The van der Waals surface area contributed by atoms with Crippen molar-refractivity contribution < 1.29 is 5.11 Å². The molecular formula is C14H19N3O. The van der Waals surface area contributed by atoms with Gasteiger partial charge in [0.25, 0.3) is 0 Å². The number of rotatable bonds is 4. The van der Waals surface area contributed by atoms with Crippen LogP contribution in [0.25, 0.3) is 11.4 Å². The molecule has 0 spiro atoms. The molecule has 18 heavy (non-hydrogen) atoms. The molecule has 0 saturated carbocycles. The largest absolute Gasteiger partial charge is 0.392 e. The predicted molar refractivity (Wildman–Crippen MR) is 73.7 cm³/mol. The number of hydrogen-bond donors (Lipinski definition) is 1. The normalized spacial score (nSPS) is 12.4. The summed E-state index contributed by atoms with van der Waals surface area (Å²) in [5, 5.41) is 9.46. The molecule has 0 fully saturated rings. The molecule has 0 aliphatic heterocycles. The van der Waals surface area contributed by atoms with E-state index < -0.39 is 0 Å². The molecule has 96 valence electrons. The van der Waals surface area contributed by atoms with Gasteiger partial charge in [0.15, 0.2) is 0 Å². The summed E-state index contributed by atoms with van der Waals surface area (Å²) >= 11 is 0. The fourth-order valence-electron chi connectivity index (χ4n) is 1.91. The van der Waals surface area contributed by atoms with E-state index in [0.717, 1.165) is 17.1 Å². The van der Waals surface area contributed by atoms with Gasteiger partial charge in [-0.3, -0.25) is 0 Å². The standard InChI is InChI=1S/C14H19N3O/c1-11(18)10-17-9-8-15-14(17)12-4-6-13(7-5-12)16(2)3/h4-9,11,18H,10H2,1-3H3/t11-/m1/s1. The Morgan fingerprint density at radius 3 is 2.50 bits per heavy atom. The maximum Gasteiger partial charge on any atom is 0.139 e. The second-order valence-electron chi connectivity index (χ2n) is 4.69. The van der Waals surface area contributed by atoms with E-state index in [-0.39, 0.29) is 6.10 Å². The van der Waals surface area contributed by atoms with Gasteiger partial charge in [0.1, 0.15) is 5.82 Å². The van der Waals surface area contributed by atoms with Crippen molar-refractivity contribution in [2.45, 2.75) is 19.6 Å². The highest BCUT2D eigenvalue weighted by Crippen LogP contribution is 2.21. The number of anilines is 1. The highest BCUT2D eigenvalue weighted by Gasteiger charge is 2.07. The van der Waals surface area contributed by atoms with Crippen LogP contribution in [0.3, 0.4) is 0 Å². The first-order valence-electron chi connectivity index (χ1n) is 6.05. The molecule has 0 radical (unpaired) electrons. The van der Waals surface area contributed by atoms with Crippen LogP contribution in [0.1, 0.15) is 6.92 Å². The third-order valence-electron chi connectivity index (χ3n) is 2.82. The zero-order valence-electron chi connectivity index (χ0n) is 11.0. The van der Waals surface area contributed by atoms with Crippen molar-refractivity contribution in [3.8, 4) is 11.4 Å². The number of imidazole rings is 1. The highest BCUT2D eigenvalue weighted by molar-refractivity contribution is 5.60. The summed E-state index contributed by atoms with van der Waals surface area (Å²) < 4.78 is 1.97. The molecule has 0 saturated heterocycles. The molecule has 0 aliphatic carbocycles. The van der Waals surface area contributed by atoms with Crippen molar-refractivity contribution in [1.82, 2.24) is 9.55 Å². The zero-order valence-corrected chi connectivity index (χ0v) is 11.0. The van der Waals surface area contributed by atoms with Gasteiger partial charge in [-0.1, -0.05) is 0 Å². The molecule has 0 aliphatic rings. The van der Waals surface area contributed by atoms with Crippen LogP contribution in [0, 0.1) is 0 Å². The Labute approximate surface area is 108 Å². The minimum atomic E-state index is -0.376. The first-order chi connectivity index (χ1) is 8.58. The maximum absolute atomic E-state index is 9.46. The van der Waals surface area contributed by atoms with E-state index in [1.54, 1.807) is 13.1 Å². The molecule has 2 rings (SSSR count). The Kier molecular flexibility index (Phi) is 3.67. The highest BCUT2D eigenvalue weighted by atomic mass is 16.3. The molecule has 0 unspecified atom stereocenters. The predicted octanol–water partition coefficient (Wildman–Crippen LogP) is 2.00. The first-order valence-corrected chi connectivity index (χ1v) is 6.05. The van der Waals surface area contributed by atoms with E-state index in [2.05, 4.69) is 34.1 Å². The minimum Gasteiger partial charge on any atom is -0.392 e. The van der Waals surface area contributed by atoms with Crippen molar-refractivity contribution in [3.05, 3.63) is 36.7 Å². The van der Waals surface area contributed by atoms with Crippen LogP contribution in [-0.2, 0) is 6.54 Å². The fraction of sp³-hybridized carbons (Fsp3) is 0.357. The van der Waals surface area contributed by atoms with E-state index >= 15 is 0 Å². The molecule has 1 heterocycles. The van der Waals surface area contributed by atoms with Crippen LogP contribution in [0.15, 0.2) is 36.7 Å². The van der Waals surface area contributed by atoms with Gasteiger partial charge < -0.3 is 14.6 Å². The Balaban J connectivity index is 2.28. The summed E-state index contributed by atoms with van der Waals surface area (Å²) in [5.74, 6) is 0.890. The molecule has 1 N–H and O–H groups in total. The van der Waals surface area contributed by atoms with Gasteiger partial charge in [-0.25, -0.2) is 4.98 Å². The molecule has 1 aromatic heterocycles. The minimum absolute atomic E-state index is 0.376. The lowest BCUT2D eigenvalue weighted by Crippen LogP contribution is -2.12. The lowest BCUT2D eigenvalue weighted by molar-refractivity contribution is 0.174. The van der Waals surface area contributed by atoms with E-state index in [1.807, 2.05) is 24.9 Å². The smallest absolute Gasteiger partial charge is 0.139 e. The van der Waals surface area contributed by atoms with Crippen LogP contribution < -0.4 is 4.90 Å². The monoisotopic (exact) mass is 245 g/mol. The van der Waals surface area contributed by atoms with Crippen LogP contribution in [-0.4, -0.2) is 34.9 Å². The maximum atomic E-state index is 9.46. The molecule has 4 nitrogen and oxygen atoms in total. The summed E-state index contributed by atoms with van der Waals surface area (Å²) in [5.41, 5.74) is 2.22. The van der Waals surface area contributed by atoms with Crippen molar-refractivity contribution >= 4 is 5.69 Å². The van der Waals surface area contributed by atoms with Gasteiger partial charge in [0.05, 0.1) is 6.10 Å². The van der Waals surface area contributed by atoms with Crippen LogP contribution >= 0.6 is 0 Å². The second-order valence-corrected chi connectivity index (χ2v) is 4.69. The van der Waals surface area contributed by atoms with Gasteiger partial charge in [-0.05, 0) is 31.2 Å². The van der Waals surface area contributed by atoms with Crippen LogP contribution in [0.5, 0.6) is 0 Å². The third kappa shape index (κ3) is 2.71. The van der Waals surface area contributed by atoms with Crippen molar-refractivity contribution in [2.24, 2.45) is 0 Å². The topological polar surface area (TPSA) is 41.3 Å². The summed E-state index contributed by atoms with van der Waals surface area (Å²) in [6.07, 6.45) is 3.28.